The summed E-state index contributed by atoms with van der Waals surface area (Å²) in [5.41, 5.74) is 2.01. The van der Waals surface area contributed by atoms with Crippen LogP contribution in [0.3, 0.4) is 0 Å². The zero-order valence-corrected chi connectivity index (χ0v) is 13.1. The van der Waals surface area contributed by atoms with Crippen LogP contribution < -0.4 is 5.32 Å². The van der Waals surface area contributed by atoms with Crippen LogP contribution >= 0.6 is 0 Å². The lowest BCUT2D eigenvalue weighted by Crippen LogP contribution is -2.23. The van der Waals surface area contributed by atoms with Crippen molar-refractivity contribution in [1.29, 1.82) is 0 Å². The highest BCUT2D eigenvalue weighted by Crippen LogP contribution is 2.17. The maximum absolute atomic E-state index is 13.0. The van der Waals surface area contributed by atoms with E-state index in [-0.39, 0.29) is 23.5 Å². The third kappa shape index (κ3) is 3.62. The van der Waals surface area contributed by atoms with Crippen LogP contribution in [0.5, 0.6) is 0 Å². The Labute approximate surface area is 138 Å². The molecule has 2 aromatic heterocycles. The van der Waals surface area contributed by atoms with Gasteiger partial charge < -0.3 is 5.32 Å². The van der Waals surface area contributed by atoms with Gasteiger partial charge in [-0.2, -0.15) is 0 Å². The minimum Gasteiger partial charge on any atom is -0.346 e. The van der Waals surface area contributed by atoms with Gasteiger partial charge in [0.25, 0.3) is 5.91 Å². The van der Waals surface area contributed by atoms with E-state index in [0.29, 0.717) is 6.54 Å². The Morgan fingerprint density at radius 2 is 2.08 bits per heavy atom. The predicted octanol–water partition coefficient (Wildman–Crippen LogP) is 2.35. The van der Waals surface area contributed by atoms with Crippen LogP contribution in [-0.2, 0) is 6.54 Å². The molecule has 122 valence electrons. The summed E-state index contributed by atoms with van der Waals surface area (Å²) in [5.74, 6) is -0.601. The number of hydrogen-bond donors (Lipinski definition) is 1. The quantitative estimate of drug-likeness (QED) is 0.781. The van der Waals surface area contributed by atoms with Crippen molar-refractivity contribution in [3.8, 4) is 0 Å². The van der Waals surface area contributed by atoms with E-state index in [2.05, 4.69) is 20.6 Å². The molecule has 6 nitrogen and oxygen atoms in total. The van der Waals surface area contributed by atoms with E-state index < -0.39 is 0 Å². The first-order chi connectivity index (χ1) is 11.6. The van der Waals surface area contributed by atoms with Crippen molar-refractivity contribution >= 4 is 5.91 Å². The zero-order valence-electron chi connectivity index (χ0n) is 13.1. The molecule has 24 heavy (non-hydrogen) atoms. The van der Waals surface area contributed by atoms with Crippen molar-refractivity contribution in [3.05, 3.63) is 77.6 Å². The number of aromatic nitrogens is 4. The molecule has 7 heteroatoms. The number of rotatable bonds is 5. The van der Waals surface area contributed by atoms with Crippen LogP contribution in [0.15, 0.2) is 55.0 Å². The van der Waals surface area contributed by atoms with Crippen molar-refractivity contribution in [2.24, 2.45) is 0 Å². The van der Waals surface area contributed by atoms with Crippen LogP contribution in [0.25, 0.3) is 0 Å². The number of pyridine rings is 1. The predicted molar refractivity (Wildman–Crippen MR) is 85.6 cm³/mol. The van der Waals surface area contributed by atoms with E-state index >= 15 is 0 Å². The van der Waals surface area contributed by atoms with Gasteiger partial charge in [0.1, 0.15) is 5.82 Å². The topological polar surface area (TPSA) is 72.7 Å². The first-order valence-corrected chi connectivity index (χ1v) is 7.48. The van der Waals surface area contributed by atoms with Crippen molar-refractivity contribution in [2.45, 2.75) is 19.5 Å². The lowest BCUT2D eigenvalue weighted by molar-refractivity contribution is 0.0946. The smallest absolute Gasteiger partial charge is 0.273 e. The van der Waals surface area contributed by atoms with Crippen LogP contribution in [0.4, 0.5) is 4.39 Å². The number of carbonyl (C=O) groups is 1. The SMILES string of the molecule is C[C@@H](c1ccc(F)cc1)n1cc(C(=O)NCc2cccnc2)nn1. The van der Waals surface area contributed by atoms with Gasteiger partial charge in [0.15, 0.2) is 5.69 Å². The molecular weight excluding hydrogens is 309 g/mol. The third-order valence-corrected chi connectivity index (χ3v) is 3.67. The molecule has 0 saturated carbocycles. The van der Waals surface area contributed by atoms with Gasteiger partial charge in [0, 0.05) is 18.9 Å². The zero-order chi connectivity index (χ0) is 16.9. The fourth-order valence-electron chi connectivity index (χ4n) is 2.24. The molecule has 1 atom stereocenters. The largest absolute Gasteiger partial charge is 0.346 e. The molecular formula is C17H16FN5O. The van der Waals surface area contributed by atoms with Gasteiger partial charge in [0.05, 0.1) is 12.2 Å². The Kier molecular flexibility index (Phi) is 4.60. The summed E-state index contributed by atoms with van der Waals surface area (Å²) in [5, 5.41) is 10.7. The standard InChI is InChI=1S/C17H16FN5O/c1-12(14-4-6-15(18)7-5-14)23-11-16(21-22-23)17(24)20-10-13-3-2-8-19-9-13/h2-9,11-12H,10H2,1H3,(H,20,24)/t12-/m0/s1. The average molecular weight is 325 g/mol. The molecule has 0 spiro atoms. The summed E-state index contributed by atoms with van der Waals surface area (Å²) < 4.78 is 14.6. The molecule has 0 saturated heterocycles. The van der Waals surface area contributed by atoms with E-state index in [1.807, 2.05) is 19.1 Å². The second-order valence-electron chi connectivity index (χ2n) is 5.36. The number of nitrogens with one attached hydrogen (secondary N) is 1. The van der Waals surface area contributed by atoms with Crippen molar-refractivity contribution in [3.63, 3.8) is 0 Å². The van der Waals surface area contributed by atoms with E-state index in [0.717, 1.165) is 11.1 Å². The Balaban J connectivity index is 1.66. The number of halogens is 1. The fraction of sp³-hybridized carbons (Fsp3) is 0.176. The summed E-state index contributed by atoms with van der Waals surface area (Å²) in [6.45, 7) is 2.27. The van der Waals surface area contributed by atoms with Crippen LogP contribution in [0.1, 0.15) is 34.6 Å². The van der Waals surface area contributed by atoms with Gasteiger partial charge >= 0.3 is 0 Å². The number of hydrogen-bond acceptors (Lipinski definition) is 4. The molecule has 1 amide bonds. The molecule has 0 aliphatic heterocycles. The Morgan fingerprint density at radius 1 is 1.29 bits per heavy atom. The summed E-state index contributed by atoms with van der Waals surface area (Å²) >= 11 is 0. The van der Waals surface area contributed by atoms with E-state index in [9.17, 15) is 9.18 Å². The molecule has 0 aliphatic carbocycles. The molecule has 0 unspecified atom stereocenters. The highest BCUT2D eigenvalue weighted by Gasteiger charge is 2.14. The maximum atomic E-state index is 13.0. The van der Waals surface area contributed by atoms with Gasteiger partial charge in [-0.05, 0) is 36.2 Å². The second-order valence-corrected chi connectivity index (χ2v) is 5.36. The van der Waals surface area contributed by atoms with Gasteiger partial charge in [0.2, 0.25) is 0 Å². The van der Waals surface area contributed by atoms with Crippen molar-refractivity contribution in [1.82, 2.24) is 25.3 Å². The van der Waals surface area contributed by atoms with Crippen molar-refractivity contribution < 1.29 is 9.18 Å². The Morgan fingerprint density at radius 3 is 2.79 bits per heavy atom. The highest BCUT2D eigenvalue weighted by atomic mass is 19.1. The van der Waals surface area contributed by atoms with Gasteiger partial charge in [-0.15, -0.1) is 5.10 Å². The summed E-state index contributed by atoms with van der Waals surface area (Å²) in [6, 6.07) is 9.68. The minimum atomic E-state index is -0.309. The van der Waals surface area contributed by atoms with E-state index in [4.69, 9.17) is 0 Å². The molecule has 0 bridgehead atoms. The monoisotopic (exact) mass is 325 g/mol. The van der Waals surface area contributed by atoms with Crippen molar-refractivity contribution in [2.75, 3.05) is 0 Å². The Hall–Kier alpha value is -3.09. The van der Waals surface area contributed by atoms with Gasteiger partial charge in [-0.3, -0.25) is 9.78 Å². The highest BCUT2D eigenvalue weighted by molar-refractivity contribution is 5.91. The third-order valence-electron chi connectivity index (χ3n) is 3.67. The van der Waals surface area contributed by atoms with Crippen LogP contribution in [-0.4, -0.2) is 25.9 Å². The Bertz CT molecular complexity index is 817. The number of benzene rings is 1. The van der Waals surface area contributed by atoms with Crippen LogP contribution in [0, 0.1) is 5.82 Å². The molecule has 3 rings (SSSR count). The first kappa shape index (κ1) is 15.8. The molecule has 1 N–H and O–H groups in total. The minimum absolute atomic E-state index is 0.155. The summed E-state index contributed by atoms with van der Waals surface area (Å²) in [6.07, 6.45) is 4.94. The molecule has 2 heterocycles. The van der Waals surface area contributed by atoms with E-state index in [1.165, 1.54) is 12.1 Å². The first-order valence-electron chi connectivity index (χ1n) is 7.48. The van der Waals surface area contributed by atoms with E-state index in [1.54, 1.807) is 35.4 Å². The maximum Gasteiger partial charge on any atom is 0.273 e. The normalized spacial score (nSPS) is 11.9. The lowest BCUT2D eigenvalue weighted by atomic mass is 10.1. The molecule has 0 aliphatic rings. The molecule has 3 aromatic rings. The molecule has 0 radical (unpaired) electrons. The number of amides is 1. The summed E-state index contributed by atoms with van der Waals surface area (Å²) in [4.78, 5) is 16.1. The van der Waals surface area contributed by atoms with Crippen LogP contribution in [0.2, 0.25) is 0 Å². The fourth-order valence-corrected chi connectivity index (χ4v) is 2.24. The molecule has 0 fully saturated rings. The molecule has 1 aromatic carbocycles. The number of nitrogens with zero attached hydrogens (tertiary/aromatic N) is 4. The van der Waals surface area contributed by atoms with Gasteiger partial charge in [-0.1, -0.05) is 23.4 Å². The second kappa shape index (κ2) is 6.99. The summed E-state index contributed by atoms with van der Waals surface area (Å²) in [7, 11) is 0. The lowest BCUT2D eigenvalue weighted by Gasteiger charge is -2.11. The number of carbonyl (C=O) groups excluding carboxylic acids is 1. The average Bonchev–Trinajstić information content (AvgIpc) is 3.11. The van der Waals surface area contributed by atoms with Gasteiger partial charge in [-0.25, -0.2) is 9.07 Å².